The molecule has 0 aromatic heterocycles. The summed E-state index contributed by atoms with van der Waals surface area (Å²) in [5.74, 6) is -1.55. The maximum absolute atomic E-state index is 12.8. The fourth-order valence-electron chi connectivity index (χ4n) is 4.14. The first-order valence-electron chi connectivity index (χ1n) is 11.7. The van der Waals surface area contributed by atoms with Crippen LogP contribution in [0.2, 0.25) is 0 Å². The Morgan fingerprint density at radius 1 is 0.853 bits per heavy atom. The molecule has 0 radical (unpaired) electrons. The number of hydrogen-bond donors (Lipinski definition) is 3. The van der Waals surface area contributed by atoms with Gasteiger partial charge in [0.1, 0.15) is 6.61 Å². The second kappa shape index (κ2) is 11.5. The molecule has 34 heavy (non-hydrogen) atoms. The van der Waals surface area contributed by atoms with Gasteiger partial charge in [-0.1, -0.05) is 75.2 Å². The fraction of sp³-hybridized carbons (Fsp3) is 0.423. The zero-order chi connectivity index (χ0) is 24.6. The molecule has 182 valence electrons. The molecule has 1 atom stereocenters. The van der Waals surface area contributed by atoms with Gasteiger partial charge >= 0.3 is 18.2 Å². The monoisotopic (exact) mass is 468 g/mol. The highest BCUT2D eigenvalue weighted by Crippen LogP contribution is 2.44. The van der Waals surface area contributed by atoms with Crippen molar-refractivity contribution in [3.63, 3.8) is 0 Å². The van der Waals surface area contributed by atoms with Crippen LogP contribution < -0.4 is 10.6 Å². The topological polar surface area (TPSA) is 114 Å². The number of aliphatic carboxylic acids is 1. The number of fused-ring (bicyclic) bond motifs is 3. The Labute approximate surface area is 199 Å². The average molecular weight is 469 g/mol. The number of alkyl carbamates (subject to hydrolysis) is 2. The van der Waals surface area contributed by atoms with Crippen molar-refractivity contribution in [3.8, 4) is 11.1 Å². The quantitative estimate of drug-likeness (QED) is 0.315. The number of benzene rings is 2. The normalized spacial score (nSPS) is 13.8. The highest BCUT2D eigenvalue weighted by Gasteiger charge is 2.42. The highest BCUT2D eigenvalue weighted by atomic mass is 16.6. The second-order valence-corrected chi connectivity index (χ2v) is 8.38. The lowest BCUT2D eigenvalue weighted by molar-refractivity contribution is -0.146. The van der Waals surface area contributed by atoms with Gasteiger partial charge in [0.05, 0.1) is 6.61 Å². The molecule has 0 aliphatic heterocycles. The van der Waals surface area contributed by atoms with Gasteiger partial charge in [-0.25, -0.2) is 14.4 Å². The minimum atomic E-state index is -2.03. The summed E-state index contributed by atoms with van der Waals surface area (Å²) in [6.07, 6.45) is 0.790. The van der Waals surface area contributed by atoms with Crippen molar-refractivity contribution in [2.45, 2.75) is 57.5 Å². The SMILES string of the molecule is CCCCOC(=O)NC(CCCC)(NC(=O)OCC1c2ccccc2-c2ccccc21)C(=O)O. The van der Waals surface area contributed by atoms with Gasteiger partial charge in [-0.15, -0.1) is 0 Å². The lowest BCUT2D eigenvalue weighted by atomic mass is 9.98. The molecule has 0 fully saturated rings. The van der Waals surface area contributed by atoms with Crippen molar-refractivity contribution in [1.82, 2.24) is 10.6 Å². The summed E-state index contributed by atoms with van der Waals surface area (Å²) in [5, 5.41) is 14.6. The van der Waals surface area contributed by atoms with E-state index in [0.717, 1.165) is 28.7 Å². The van der Waals surface area contributed by atoms with Crippen molar-refractivity contribution >= 4 is 18.2 Å². The van der Waals surface area contributed by atoms with Crippen LogP contribution in [0.1, 0.15) is 63.0 Å². The molecule has 0 saturated heterocycles. The van der Waals surface area contributed by atoms with Crippen LogP contribution in [-0.2, 0) is 14.3 Å². The maximum Gasteiger partial charge on any atom is 0.409 e. The molecule has 2 aromatic carbocycles. The molecule has 3 rings (SSSR count). The van der Waals surface area contributed by atoms with E-state index in [1.54, 1.807) is 0 Å². The number of nitrogens with one attached hydrogen (secondary N) is 2. The van der Waals surface area contributed by atoms with Gasteiger partial charge in [0.2, 0.25) is 5.66 Å². The Morgan fingerprint density at radius 2 is 1.38 bits per heavy atom. The number of rotatable bonds is 11. The van der Waals surface area contributed by atoms with E-state index in [1.807, 2.05) is 62.4 Å². The predicted molar refractivity (Wildman–Crippen MR) is 127 cm³/mol. The first-order chi connectivity index (χ1) is 16.4. The van der Waals surface area contributed by atoms with E-state index >= 15 is 0 Å². The number of unbranched alkanes of at least 4 members (excludes halogenated alkanes) is 2. The number of carbonyl (C=O) groups excluding carboxylic acids is 2. The Morgan fingerprint density at radius 3 is 1.91 bits per heavy atom. The van der Waals surface area contributed by atoms with Gasteiger partial charge in [-0.3, -0.25) is 10.6 Å². The number of carboxylic acids is 1. The van der Waals surface area contributed by atoms with Crippen LogP contribution in [0, 0.1) is 0 Å². The first kappa shape index (κ1) is 25.1. The van der Waals surface area contributed by atoms with Crippen molar-refractivity contribution < 1.29 is 29.0 Å². The van der Waals surface area contributed by atoms with E-state index in [4.69, 9.17) is 9.47 Å². The Balaban J connectivity index is 1.72. The molecule has 1 aliphatic rings. The lowest BCUT2D eigenvalue weighted by Crippen LogP contribution is -2.65. The van der Waals surface area contributed by atoms with E-state index in [9.17, 15) is 19.5 Å². The van der Waals surface area contributed by atoms with Crippen LogP contribution in [0.5, 0.6) is 0 Å². The molecule has 0 spiro atoms. The Bertz CT molecular complexity index is 978. The molecule has 0 bridgehead atoms. The van der Waals surface area contributed by atoms with E-state index in [0.29, 0.717) is 19.3 Å². The zero-order valence-corrected chi connectivity index (χ0v) is 19.6. The van der Waals surface area contributed by atoms with Gasteiger partial charge in [0, 0.05) is 12.3 Å². The summed E-state index contributed by atoms with van der Waals surface area (Å²) >= 11 is 0. The van der Waals surface area contributed by atoms with Gasteiger partial charge in [-0.05, 0) is 35.1 Å². The smallest absolute Gasteiger partial charge is 0.409 e. The van der Waals surface area contributed by atoms with Crippen LogP contribution in [0.4, 0.5) is 9.59 Å². The third-order valence-electron chi connectivity index (χ3n) is 5.98. The fourth-order valence-corrected chi connectivity index (χ4v) is 4.14. The lowest BCUT2D eigenvalue weighted by Gasteiger charge is -2.30. The van der Waals surface area contributed by atoms with Crippen LogP contribution >= 0.6 is 0 Å². The van der Waals surface area contributed by atoms with Crippen molar-refractivity contribution in [2.24, 2.45) is 0 Å². The maximum atomic E-state index is 12.8. The summed E-state index contributed by atoms with van der Waals surface area (Å²) < 4.78 is 10.6. The molecular weight excluding hydrogens is 436 g/mol. The minimum Gasteiger partial charge on any atom is -0.478 e. The molecule has 2 aromatic rings. The van der Waals surface area contributed by atoms with E-state index in [-0.39, 0.29) is 25.6 Å². The van der Waals surface area contributed by atoms with E-state index < -0.39 is 23.8 Å². The molecule has 2 amide bonds. The van der Waals surface area contributed by atoms with Crippen LogP contribution in [0.25, 0.3) is 11.1 Å². The molecule has 3 N–H and O–H groups in total. The van der Waals surface area contributed by atoms with E-state index in [1.165, 1.54) is 0 Å². The van der Waals surface area contributed by atoms with Gasteiger partial charge in [0.15, 0.2) is 0 Å². The van der Waals surface area contributed by atoms with Crippen LogP contribution in [0.15, 0.2) is 48.5 Å². The van der Waals surface area contributed by atoms with Crippen molar-refractivity contribution in [1.29, 1.82) is 0 Å². The summed E-state index contributed by atoms with van der Waals surface area (Å²) in [6, 6.07) is 15.9. The van der Waals surface area contributed by atoms with Crippen molar-refractivity contribution in [2.75, 3.05) is 13.2 Å². The molecule has 1 aliphatic carbocycles. The number of ether oxygens (including phenoxy) is 2. The molecule has 0 heterocycles. The summed E-state index contributed by atoms with van der Waals surface area (Å²) in [6.45, 7) is 4.03. The molecule has 8 heteroatoms. The Kier molecular flexibility index (Phi) is 8.51. The average Bonchev–Trinajstić information content (AvgIpc) is 3.15. The van der Waals surface area contributed by atoms with Gasteiger partial charge < -0.3 is 14.6 Å². The number of carbonyl (C=O) groups is 3. The summed E-state index contributed by atoms with van der Waals surface area (Å²) in [7, 11) is 0. The zero-order valence-electron chi connectivity index (χ0n) is 19.6. The molecular formula is C26H32N2O6. The van der Waals surface area contributed by atoms with Crippen LogP contribution in [0.3, 0.4) is 0 Å². The second-order valence-electron chi connectivity index (χ2n) is 8.38. The first-order valence-corrected chi connectivity index (χ1v) is 11.7. The third kappa shape index (κ3) is 5.68. The number of carboxylic acid groups (broad SMARTS) is 1. The molecule has 1 unspecified atom stereocenters. The van der Waals surface area contributed by atoms with Crippen LogP contribution in [-0.4, -0.2) is 42.1 Å². The number of amides is 2. The Hall–Kier alpha value is -3.55. The minimum absolute atomic E-state index is 0.00803. The van der Waals surface area contributed by atoms with Crippen molar-refractivity contribution in [3.05, 3.63) is 59.7 Å². The summed E-state index contributed by atoms with van der Waals surface area (Å²) in [5.41, 5.74) is 2.24. The predicted octanol–water partition coefficient (Wildman–Crippen LogP) is 5.02. The highest BCUT2D eigenvalue weighted by molar-refractivity contribution is 5.88. The van der Waals surface area contributed by atoms with E-state index in [2.05, 4.69) is 10.6 Å². The molecule has 0 saturated carbocycles. The number of hydrogen-bond acceptors (Lipinski definition) is 5. The largest absolute Gasteiger partial charge is 0.478 e. The standard InChI is InChI=1S/C26H32N2O6/c1-3-5-15-26(23(29)30,27-24(31)33-16-6-4-2)28-25(32)34-17-22-20-13-9-7-11-18(20)19-12-8-10-14-21(19)22/h7-14,22H,3-6,15-17H2,1-2H3,(H,27,31)(H,28,32)(H,29,30). The molecule has 8 nitrogen and oxygen atoms in total. The van der Waals surface area contributed by atoms with Gasteiger partial charge in [-0.2, -0.15) is 0 Å². The van der Waals surface area contributed by atoms with Gasteiger partial charge in [0.25, 0.3) is 0 Å². The third-order valence-corrected chi connectivity index (χ3v) is 5.98. The summed E-state index contributed by atoms with van der Waals surface area (Å²) in [4.78, 5) is 37.2.